The lowest BCUT2D eigenvalue weighted by atomic mass is 9.91. The SMILES string of the molecule is Cc1nnc2n1-c1sc3c(c1[C@@H](c1ccccc1Cl)NC2)C[C@H](C(=O)NC1CCC1)C3. The summed E-state index contributed by atoms with van der Waals surface area (Å²) in [5.41, 5.74) is 3.59. The minimum Gasteiger partial charge on any atom is -0.353 e. The molecule has 2 aromatic heterocycles. The molecule has 0 unspecified atom stereocenters. The number of nitrogens with zero attached hydrogens (tertiary/aromatic N) is 3. The van der Waals surface area contributed by atoms with Crippen molar-refractivity contribution < 1.29 is 4.79 Å². The van der Waals surface area contributed by atoms with E-state index in [2.05, 4.69) is 31.5 Å². The van der Waals surface area contributed by atoms with E-state index in [4.69, 9.17) is 11.6 Å². The van der Waals surface area contributed by atoms with Crippen LogP contribution in [0, 0.1) is 12.8 Å². The summed E-state index contributed by atoms with van der Waals surface area (Å²) < 4.78 is 2.17. The molecule has 0 radical (unpaired) electrons. The van der Waals surface area contributed by atoms with Crippen molar-refractivity contribution in [2.24, 2.45) is 5.92 Å². The van der Waals surface area contributed by atoms with Crippen LogP contribution in [0.2, 0.25) is 5.02 Å². The Morgan fingerprint density at radius 1 is 1.26 bits per heavy atom. The van der Waals surface area contributed by atoms with Gasteiger partial charge in [0.25, 0.3) is 0 Å². The number of amides is 1. The second-order valence-corrected chi connectivity index (χ2v) is 10.3. The molecule has 3 aromatic rings. The molecule has 2 aliphatic carbocycles. The van der Waals surface area contributed by atoms with Gasteiger partial charge in [-0.15, -0.1) is 21.5 Å². The molecule has 1 amide bonds. The zero-order chi connectivity index (χ0) is 21.1. The van der Waals surface area contributed by atoms with Crippen LogP contribution in [0.4, 0.5) is 0 Å². The average molecular weight is 454 g/mol. The first-order chi connectivity index (χ1) is 15.1. The molecule has 3 aliphatic rings. The molecule has 1 fully saturated rings. The van der Waals surface area contributed by atoms with Crippen LogP contribution in [0.1, 0.15) is 58.5 Å². The van der Waals surface area contributed by atoms with Gasteiger partial charge >= 0.3 is 0 Å². The molecule has 6 nitrogen and oxygen atoms in total. The number of carbonyl (C=O) groups is 1. The number of aryl methyl sites for hydroxylation is 1. The molecular weight excluding hydrogens is 430 g/mol. The Balaban J connectivity index is 1.43. The molecule has 8 heteroatoms. The van der Waals surface area contributed by atoms with E-state index in [0.29, 0.717) is 12.6 Å². The van der Waals surface area contributed by atoms with Gasteiger partial charge in [0, 0.05) is 27.4 Å². The molecule has 1 aliphatic heterocycles. The molecule has 0 saturated heterocycles. The highest BCUT2D eigenvalue weighted by Crippen LogP contribution is 2.47. The van der Waals surface area contributed by atoms with Gasteiger partial charge in [-0.1, -0.05) is 29.8 Å². The summed E-state index contributed by atoms with van der Waals surface area (Å²) >= 11 is 8.42. The highest BCUT2D eigenvalue weighted by atomic mass is 35.5. The maximum atomic E-state index is 12.9. The maximum Gasteiger partial charge on any atom is 0.224 e. The number of carbonyl (C=O) groups excluding carboxylic acids is 1. The lowest BCUT2D eigenvalue weighted by Gasteiger charge is -2.27. The van der Waals surface area contributed by atoms with Gasteiger partial charge < -0.3 is 5.32 Å². The van der Waals surface area contributed by atoms with Crippen molar-refractivity contribution in [3.63, 3.8) is 0 Å². The molecule has 2 atom stereocenters. The van der Waals surface area contributed by atoms with Crippen molar-refractivity contribution in [3.8, 4) is 5.00 Å². The number of thiophene rings is 1. The van der Waals surface area contributed by atoms with Gasteiger partial charge in [0.15, 0.2) is 5.82 Å². The van der Waals surface area contributed by atoms with Gasteiger partial charge in [-0.05, 0) is 56.2 Å². The largest absolute Gasteiger partial charge is 0.353 e. The first-order valence-corrected chi connectivity index (χ1v) is 12.1. The number of rotatable bonds is 3. The van der Waals surface area contributed by atoms with Crippen molar-refractivity contribution >= 4 is 28.8 Å². The van der Waals surface area contributed by atoms with E-state index in [9.17, 15) is 4.79 Å². The third-order valence-corrected chi connectivity index (χ3v) is 8.48. The second-order valence-electron chi connectivity index (χ2n) is 8.80. The molecule has 31 heavy (non-hydrogen) atoms. The highest BCUT2D eigenvalue weighted by molar-refractivity contribution is 7.15. The Morgan fingerprint density at radius 3 is 2.87 bits per heavy atom. The predicted octanol–water partition coefficient (Wildman–Crippen LogP) is 3.87. The monoisotopic (exact) mass is 453 g/mol. The Kier molecular flexibility index (Phi) is 4.67. The lowest BCUT2D eigenvalue weighted by molar-refractivity contribution is -0.125. The zero-order valence-corrected chi connectivity index (χ0v) is 18.9. The zero-order valence-electron chi connectivity index (χ0n) is 17.3. The van der Waals surface area contributed by atoms with Gasteiger partial charge in [0.1, 0.15) is 10.8 Å². The van der Waals surface area contributed by atoms with E-state index in [-0.39, 0.29) is 17.9 Å². The number of aromatic nitrogens is 3. The topological polar surface area (TPSA) is 71.8 Å². The molecule has 0 spiro atoms. The first-order valence-electron chi connectivity index (χ1n) is 10.9. The fourth-order valence-corrected chi connectivity index (χ4v) is 6.78. The summed E-state index contributed by atoms with van der Waals surface area (Å²) in [5, 5.41) is 17.6. The second kappa shape index (κ2) is 7.43. The molecule has 1 saturated carbocycles. The van der Waals surface area contributed by atoms with Crippen molar-refractivity contribution in [2.45, 2.75) is 57.7 Å². The third-order valence-electron chi connectivity index (χ3n) is 6.88. The van der Waals surface area contributed by atoms with E-state index in [1.807, 2.05) is 25.1 Å². The standard InChI is InChI=1S/C23H24ClN5OS/c1-12-27-28-19-11-25-21(15-7-2-3-8-17(15)24)20-16-9-13(22(30)26-14-5-4-6-14)10-18(16)31-23(20)29(12)19/h2-3,7-8,13-14,21,25H,4-6,9-11H2,1H3,(H,26,30)/t13-,21+/m0/s1. The fourth-order valence-electron chi connectivity index (χ4n) is 5.02. The van der Waals surface area contributed by atoms with Crippen molar-refractivity contribution in [3.05, 3.63) is 62.5 Å². The minimum absolute atomic E-state index is 0.0174. The van der Waals surface area contributed by atoms with E-state index in [1.54, 1.807) is 11.3 Å². The quantitative estimate of drug-likeness (QED) is 0.631. The molecule has 6 rings (SSSR count). The van der Waals surface area contributed by atoms with Crippen molar-refractivity contribution in [1.82, 2.24) is 25.4 Å². The lowest BCUT2D eigenvalue weighted by Crippen LogP contribution is -2.42. The van der Waals surface area contributed by atoms with Gasteiger partial charge in [0.05, 0.1) is 12.6 Å². The van der Waals surface area contributed by atoms with E-state index >= 15 is 0 Å². The summed E-state index contributed by atoms with van der Waals surface area (Å²) in [7, 11) is 0. The summed E-state index contributed by atoms with van der Waals surface area (Å²) in [6, 6.07) is 8.35. The molecule has 0 bridgehead atoms. The Bertz CT molecular complexity index is 1180. The number of halogens is 1. The number of fused-ring (bicyclic) bond motifs is 5. The van der Waals surface area contributed by atoms with E-state index in [0.717, 1.165) is 52.9 Å². The van der Waals surface area contributed by atoms with E-state index in [1.165, 1.54) is 22.4 Å². The molecule has 160 valence electrons. The van der Waals surface area contributed by atoms with E-state index < -0.39 is 0 Å². The van der Waals surface area contributed by atoms with Crippen LogP contribution in [0.5, 0.6) is 0 Å². The number of hydrogen-bond donors (Lipinski definition) is 2. The third kappa shape index (κ3) is 3.13. The Labute approximate surface area is 190 Å². The van der Waals surface area contributed by atoms with Crippen LogP contribution in [-0.4, -0.2) is 26.7 Å². The minimum atomic E-state index is -0.0433. The van der Waals surface area contributed by atoms with Crippen LogP contribution < -0.4 is 10.6 Å². The van der Waals surface area contributed by atoms with Gasteiger partial charge in [-0.25, -0.2) is 0 Å². The molecule has 2 N–H and O–H groups in total. The first kappa shape index (κ1) is 19.5. The smallest absolute Gasteiger partial charge is 0.224 e. The summed E-state index contributed by atoms with van der Waals surface area (Å²) in [6.45, 7) is 2.61. The molecular formula is C23H24ClN5OS. The Morgan fingerprint density at radius 2 is 2.10 bits per heavy atom. The van der Waals surface area contributed by atoms with Crippen molar-refractivity contribution in [2.75, 3.05) is 0 Å². The highest BCUT2D eigenvalue weighted by Gasteiger charge is 2.39. The molecule has 3 heterocycles. The normalized spacial score (nSPS) is 22.3. The predicted molar refractivity (Wildman–Crippen MR) is 121 cm³/mol. The average Bonchev–Trinajstić information content (AvgIpc) is 3.36. The summed E-state index contributed by atoms with van der Waals surface area (Å²) in [6.07, 6.45) is 5.03. The van der Waals surface area contributed by atoms with Crippen LogP contribution >= 0.6 is 22.9 Å². The summed E-state index contributed by atoms with van der Waals surface area (Å²) in [4.78, 5) is 14.2. The maximum absolute atomic E-state index is 12.9. The van der Waals surface area contributed by atoms with Crippen LogP contribution in [0.15, 0.2) is 24.3 Å². The Hall–Kier alpha value is -2.22. The van der Waals surface area contributed by atoms with Crippen LogP contribution in [-0.2, 0) is 24.2 Å². The van der Waals surface area contributed by atoms with Crippen LogP contribution in [0.25, 0.3) is 5.00 Å². The fraction of sp³-hybridized carbons (Fsp3) is 0.435. The van der Waals surface area contributed by atoms with Gasteiger partial charge in [-0.2, -0.15) is 0 Å². The van der Waals surface area contributed by atoms with Crippen molar-refractivity contribution in [1.29, 1.82) is 0 Å². The number of hydrogen-bond acceptors (Lipinski definition) is 5. The number of benzene rings is 1. The summed E-state index contributed by atoms with van der Waals surface area (Å²) in [5.74, 6) is 2.02. The van der Waals surface area contributed by atoms with Crippen LogP contribution in [0.3, 0.4) is 0 Å². The number of nitrogens with one attached hydrogen (secondary N) is 2. The van der Waals surface area contributed by atoms with Gasteiger partial charge in [0.2, 0.25) is 5.91 Å². The molecule has 1 aromatic carbocycles. The van der Waals surface area contributed by atoms with Gasteiger partial charge in [-0.3, -0.25) is 14.7 Å².